The number of hydrogen-bond donors (Lipinski definition) is 1. The van der Waals surface area contributed by atoms with Crippen LogP contribution in [0.1, 0.15) is 24.5 Å². The Kier molecular flexibility index (Phi) is 3.69. The lowest BCUT2D eigenvalue weighted by molar-refractivity contribution is 0.118. The Morgan fingerprint density at radius 2 is 2.24 bits per heavy atom. The van der Waals surface area contributed by atoms with Crippen LogP contribution in [0.3, 0.4) is 0 Å². The number of rotatable bonds is 3. The third-order valence-corrected chi connectivity index (χ3v) is 3.73. The van der Waals surface area contributed by atoms with Crippen LogP contribution >= 0.6 is 0 Å². The van der Waals surface area contributed by atoms with E-state index in [0.29, 0.717) is 18.7 Å². The van der Waals surface area contributed by atoms with Gasteiger partial charge in [-0.05, 0) is 31.4 Å². The molecular formula is C14H22N2O. The van der Waals surface area contributed by atoms with Gasteiger partial charge in [0.1, 0.15) is 0 Å². The van der Waals surface area contributed by atoms with Gasteiger partial charge in [-0.25, -0.2) is 0 Å². The molecule has 1 aromatic rings. The third-order valence-electron chi connectivity index (χ3n) is 3.73. The summed E-state index contributed by atoms with van der Waals surface area (Å²) in [7, 11) is 2.15. The van der Waals surface area contributed by atoms with Crippen molar-refractivity contribution in [1.82, 2.24) is 0 Å². The highest BCUT2D eigenvalue weighted by Crippen LogP contribution is 2.29. The summed E-state index contributed by atoms with van der Waals surface area (Å²) in [6, 6.07) is 6.79. The van der Waals surface area contributed by atoms with Gasteiger partial charge in [0.15, 0.2) is 0 Å². The highest BCUT2D eigenvalue weighted by Gasteiger charge is 2.29. The molecule has 1 saturated heterocycles. The monoisotopic (exact) mass is 234 g/mol. The van der Waals surface area contributed by atoms with E-state index in [-0.39, 0.29) is 0 Å². The van der Waals surface area contributed by atoms with Crippen molar-refractivity contribution < 1.29 is 4.74 Å². The highest BCUT2D eigenvalue weighted by atomic mass is 16.5. The maximum Gasteiger partial charge on any atom is 0.0750 e. The molecule has 1 aliphatic rings. The molecule has 2 rings (SSSR count). The van der Waals surface area contributed by atoms with Crippen molar-refractivity contribution in [1.29, 1.82) is 0 Å². The van der Waals surface area contributed by atoms with Gasteiger partial charge in [-0.3, -0.25) is 0 Å². The number of hydrogen-bond acceptors (Lipinski definition) is 3. The van der Waals surface area contributed by atoms with Gasteiger partial charge in [-0.2, -0.15) is 0 Å². The zero-order valence-corrected chi connectivity index (χ0v) is 10.9. The van der Waals surface area contributed by atoms with Gasteiger partial charge in [0, 0.05) is 25.9 Å². The van der Waals surface area contributed by atoms with Gasteiger partial charge < -0.3 is 15.4 Å². The van der Waals surface area contributed by atoms with Crippen molar-refractivity contribution >= 4 is 5.69 Å². The van der Waals surface area contributed by atoms with Crippen molar-refractivity contribution in [3.05, 3.63) is 29.3 Å². The largest absolute Gasteiger partial charge is 0.376 e. The average molecular weight is 234 g/mol. The molecular weight excluding hydrogens is 212 g/mol. The van der Waals surface area contributed by atoms with Crippen LogP contribution in [0.2, 0.25) is 0 Å². The normalized spacial score (nSPS) is 24.0. The fourth-order valence-corrected chi connectivity index (χ4v) is 2.78. The maximum atomic E-state index is 5.83. The molecule has 17 heavy (non-hydrogen) atoms. The van der Waals surface area contributed by atoms with Crippen LogP contribution in [0.4, 0.5) is 5.69 Å². The lowest BCUT2D eigenvalue weighted by Gasteiger charge is -2.31. The van der Waals surface area contributed by atoms with Crippen LogP contribution in [0.5, 0.6) is 0 Å². The van der Waals surface area contributed by atoms with E-state index >= 15 is 0 Å². The topological polar surface area (TPSA) is 38.5 Å². The minimum Gasteiger partial charge on any atom is -0.376 e. The first-order valence-corrected chi connectivity index (χ1v) is 6.28. The summed E-state index contributed by atoms with van der Waals surface area (Å²) in [4.78, 5) is 2.34. The van der Waals surface area contributed by atoms with Crippen LogP contribution in [-0.4, -0.2) is 25.8 Å². The van der Waals surface area contributed by atoms with E-state index in [1.54, 1.807) is 0 Å². The van der Waals surface area contributed by atoms with Gasteiger partial charge >= 0.3 is 0 Å². The highest BCUT2D eigenvalue weighted by molar-refractivity contribution is 5.59. The molecule has 0 saturated carbocycles. The van der Waals surface area contributed by atoms with Crippen molar-refractivity contribution in [3.63, 3.8) is 0 Å². The molecule has 0 radical (unpaired) electrons. The van der Waals surface area contributed by atoms with E-state index in [1.807, 2.05) is 0 Å². The van der Waals surface area contributed by atoms with Crippen LogP contribution in [0.25, 0.3) is 0 Å². The zero-order chi connectivity index (χ0) is 12.4. The van der Waals surface area contributed by atoms with Gasteiger partial charge in [0.2, 0.25) is 0 Å². The lowest BCUT2D eigenvalue weighted by Crippen LogP contribution is -2.37. The number of likely N-dealkylation sites (N-methyl/N-ethyl adjacent to an activating group) is 1. The summed E-state index contributed by atoms with van der Waals surface area (Å²) in [5.74, 6) is 0. The molecule has 2 atom stereocenters. The summed E-state index contributed by atoms with van der Waals surface area (Å²) in [5.41, 5.74) is 9.61. The van der Waals surface area contributed by atoms with E-state index in [2.05, 4.69) is 44.0 Å². The number of nitrogens with zero attached hydrogens (tertiary/aromatic N) is 1. The number of benzene rings is 1. The smallest absolute Gasteiger partial charge is 0.0750 e. The molecule has 1 fully saturated rings. The van der Waals surface area contributed by atoms with Crippen molar-refractivity contribution in [2.75, 3.05) is 18.6 Å². The Morgan fingerprint density at radius 3 is 2.82 bits per heavy atom. The van der Waals surface area contributed by atoms with Gasteiger partial charge in [0.05, 0.1) is 12.1 Å². The molecule has 1 aromatic carbocycles. The quantitative estimate of drug-likeness (QED) is 0.870. The number of ether oxygens (including phenoxy) is 1. The number of anilines is 1. The van der Waals surface area contributed by atoms with E-state index < -0.39 is 0 Å². The fraction of sp³-hybridized carbons (Fsp3) is 0.571. The number of para-hydroxylation sites is 1. The SMILES string of the molecule is Cc1cccc(CN)c1N(C)C1CCOC1C. The molecule has 1 aliphatic heterocycles. The number of nitrogens with two attached hydrogens (primary N) is 1. The Morgan fingerprint density at radius 1 is 1.47 bits per heavy atom. The molecule has 3 nitrogen and oxygen atoms in total. The summed E-state index contributed by atoms with van der Waals surface area (Å²) in [6.45, 7) is 5.74. The molecule has 0 aromatic heterocycles. The van der Waals surface area contributed by atoms with Crippen molar-refractivity contribution in [2.24, 2.45) is 5.73 Å². The second-order valence-electron chi connectivity index (χ2n) is 4.83. The molecule has 1 heterocycles. The first-order chi connectivity index (χ1) is 8.15. The minimum atomic E-state index is 0.297. The molecule has 0 amide bonds. The summed E-state index contributed by atoms with van der Waals surface area (Å²) >= 11 is 0. The van der Waals surface area contributed by atoms with Crippen LogP contribution < -0.4 is 10.6 Å². The second kappa shape index (κ2) is 5.07. The van der Waals surface area contributed by atoms with E-state index in [4.69, 9.17) is 10.5 Å². The molecule has 94 valence electrons. The molecule has 2 N–H and O–H groups in total. The Balaban J connectivity index is 2.32. The fourth-order valence-electron chi connectivity index (χ4n) is 2.78. The second-order valence-corrected chi connectivity index (χ2v) is 4.83. The Labute approximate surface area is 104 Å². The summed E-state index contributed by atoms with van der Waals surface area (Å²) in [5, 5.41) is 0. The van der Waals surface area contributed by atoms with E-state index in [9.17, 15) is 0 Å². The third kappa shape index (κ3) is 2.31. The van der Waals surface area contributed by atoms with Crippen LogP contribution in [0.15, 0.2) is 18.2 Å². The summed E-state index contributed by atoms with van der Waals surface area (Å²) < 4.78 is 5.65. The first-order valence-electron chi connectivity index (χ1n) is 6.28. The molecule has 0 bridgehead atoms. The molecule has 3 heteroatoms. The predicted octanol–water partition coefficient (Wildman–Crippen LogP) is 2.07. The predicted molar refractivity (Wildman–Crippen MR) is 71.3 cm³/mol. The zero-order valence-electron chi connectivity index (χ0n) is 10.9. The van der Waals surface area contributed by atoms with Gasteiger partial charge in [0.25, 0.3) is 0 Å². The minimum absolute atomic E-state index is 0.297. The molecule has 0 aliphatic carbocycles. The standard InChI is InChI=1S/C14H22N2O/c1-10-5-4-6-12(9-15)14(10)16(3)13-7-8-17-11(13)2/h4-6,11,13H,7-9,15H2,1-3H3. The number of aryl methyl sites for hydroxylation is 1. The van der Waals surface area contributed by atoms with E-state index in [1.165, 1.54) is 16.8 Å². The summed E-state index contributed by atoms with van der Waals surface area (Å²) in [6.07, 6.45) is 1.39. The van der Waals surface area contributed by atoms with Crippen molar-refractivity contribution in [3.8, 4) is 0 Å². The first kappa shape index (κ1) is 12.4. The van der Waals surface area contributed by atoms with Gasteiger partial charge in [-0.1, -0.05) is 18.2 Å². The maximum absolute atomic E-state index is 5.83. The average Bonchev–Trinajstić information content (AvgIpc) is 2.74. The van der Waals surface area contributed by atoms with E-state index in [0.717, 1.165) is 13.0 Å². The molecule has 0 spiro atoms. The Bertz CT molecular complexity index is 392. The van der Waals surface area contributed by atoms with Gasteiger partial charge in [-0.15, -0.1) is 0 Å². The van der Waals surface area contributed by atoms with Crippen molar-refractivity contribution in [2.45, 2.75) is 39.0 Å². The Hall–Kier alpha value is -1.06. The molecule has 2 unspecified atom stereocenters. The van der Waals surface area contributed by atoms with Crippen LogP contribution in [-0.2, 0) is 11.3 Å². The van der Waals surface area contributed by atoms with Crippen LogP contribution in [0, 0.1) is 6.92 Å². The lowest BCUT2D eigenvalue weighted by atomic mass is 10.0.